The SMILES string of the molecule is COc1ccc(/C=C/C(=O)OCC(=O)N2c3ccccc3Sc3ccccc32)c(OC)c1. The number of nitrogens with zero attached hydrogens (tertiary/aromatic N) is 1. The first-order valence-electron chi connectivity index (χ1n) is 9.86. The van der Waals surface area contributed by atoms with Crippen molar-refractivity contribution in [2.45, 2.75) is 9.79 Å². The summed E-state index contributed by atoms with van der Waals surface area (Å²) in [6.45, 7) is -0.379. The van der Waals surface area contributed by atoms with E-state index in [2.05, 4.69) is 0 Å². The summed E-state index contributed by atoms with van der Waals surface area (Å²) in [5, 5.41) is 0. The predicted molar refractivity (Wildman–Crippen MR) is 124 cm³/mol. The summed E-state index contributed by atoms with van der Waals surface area (Å²) < 4.78 is 15.7. The molecular weight excluding hydrogens is 426 g/mol. The van der Waals surface area contributed by atoms with Gasteiger partial charge in [-0.15, -0.1) is 0 Å². The minimum atomic E-state index is -0.621. The monoisotopic (exact) mass is 447 g/mol. The number of hydrogen-bond donors (Lipinski definition) is 0. The minimum Gasteiger partial charge on any atom is -0.497 e. The molecule has 0 N–H and O–H groups in total. The van der Waals surface area contributed by atoms with Crippen molar-refractivity contribution in [1.82, 2.24) is 0 Å². The molecule has 3 aromatic carbocycles. The number of anilines is 2. The topological polar surface area (TPSA) is 65.1 Å². The van der Waals surface area contributed by atoms with Crippen LogP contribution in [0.25, 0.3) is 6.08 Å². The molecule has 6 nitrogen and oxygen atoms in total. The van der Waals surface area contributed by atoms with Crippen LogP contribution in [-0.4, -0.2) is 32.7 Å². The predicted octanol–water partition coefficient (Wildman–Crippen LogP) is 5.09. The minimum absolute atomic E-state index is 0.325. The molecule has 1 amide bonds. The van der Waals surface area contributed by atoms with E-state index >= 15 is 0 Å². The fraction of sp³-hybridized carbons (Fsp3) is 0.120. The van der Waals surface area contributed by atoms with Crippen LogP contribution in [0, 0.1) is 0 Å². The molecule has 0 aromatic heterocycles. The highest BCUT2D eigenvalue weighted by atomic mass is 32.2. The summed E-state index contributed by atoms with van der Waals surface area (Å²) in [5.74, 6) is 0.258. The highest BCUT2D eigenvalue weighted by Crippen LogP contribution is 2.47. The van der Waals surface area contributed by atoms with Crippen molar-refractivity contribution < 1.29 is 23.8 Å². The van der Waals surface area contributed by atoms with Gasteiger partial charge in [0.1, 0.15) is 11.5 Å². The van der Waals surface area contributed by atoms with E-state index in [1.54, 1.807) is 48.0 Å². The third-order valence-electron chi connectivity index (χ3n) is 4.86. The number of fused-ring (bicyclic) bond motifs is 2. The largest absolute Gasteiger partial charge is 0.497 e. The van der Waals surface area contributed by atoms with Crippen molar-refractivity contribution in [2.24, 2.45) is 0 Å². The van der Waals surface area contributed by atoms with Crippen molar-refractivity contribution in [3.05, 3.63) is 78.4 Å². The van der Waals surface area contributed by atoms with E-state index in [0.29, 0.717) is 17.1 Å². The van der Waals surface area contributed by atoms with E-state index in [9.17, 15) is 9.59 Å². The zero-order valence-electron chi connectivity index (χ0n) is 17.6. The smallest absolute Gasteiger partial charge is 0.331 e. The zero-order chi connectivity index (χ0) is 22.5. The van der Waals surface area contributed by atoms with E-state index in [-0.39, 0.29) is 12.5 Å². The second-order valence-electron chi connectivity index (χ2n) is 6.82. The molecule has 162 valence electrons. The second-order valence-corrected chi connectivity index (χ2v) is 7.90. The number of amides is 1. The summed E-state index contributed by atoms with van der Waals surface area (Å²) in [4.78, 5) is 28.9. The lowest BCUT2D eigenvalue weighted by molar-refractivity contribution is -0.142. The maximum atomic E-state index is 13.1. The number of ether oxygens (including phenoxy) is 3. The average Bonchev–Trinajstić information content (AvgIpc) is 2.84. The molecule has 0 aliphatic carbocycles. The molecule has 1 aliphatic heterocycles. The van der Waals surface area contributed by atoms with Crippen LogP contribution in [0.4, 0.5) is 11.4 Å². The van der Waals surface area contributed by atoms with Crippen LogP contribution in [0.2, 0.25) is 0 Å². The number of methoxy groups -OCH3 is 2. The van der Waals surface area contributed by atoms with Gasteiger partial charge in [0.15, 0.2) is 6.61 Å². The number of carbonyl (C=O) groups is 2. The molecule has 32 heavy (non-hydrogen) atoms. The van der Waals surface area contributed by atoms with E-state index < -0.39 is 5.97 Å². The number of esters is 1. The van der Waals surface area contributed by atoms with Gasteiger partial charge in [-0.3, -0.25) is 9.69 Å². The highest BCUT2D eigenvalue weighted by molar-refractivity contribution is 7.99. The van der Waals surface area contributed by atoms with Crippen LogP contribution in [0.3, 0.4) is 0 Å². The Morgan fingerprint density at radius 2 is 1.56 bits per heavy atom. The van der Waals surface area contributed by atoms with Crippen LogP contribution in [0.1, 0.15) is 5.56 Å². The van der Waals surface area contributed by atoms with Gasteiger partial charge in [0.25, 0.3) is 5.91 Å². The molecule has 0 saturated heterocycles. The van der Waals surface area contributed by atoms with Crippen LogP contribution >= 0.6 is 11.8 Å². The summed E-state index contributed by atoms with van der Waals surface area (Å²) in [7, 11) is 3.10. The Labute approximate surface area is 190 Å². The van der Waals surface area contributed by atoms with Crippen molar-refractivity contribution in [3.8, 4) is 11.5 Å². The molecule has 0 saturated carbocycles. The summed E-state index contributed by atoms with van der Waals surface area (Å²) in [6, 6.07) is 20.6. The second kappa shape index (κ2) is 9.62. The lowest BCUT2D eigenvalue weighted by atomic mass is 10.2. The molecule has 0 unspecified atom stereocenters. The van der Waals surface area contributed by atoms with Crippen molar-refractivity contribution >= 4 is 41.1 Å². The Bertz CT molecular complexity index is 1140. The van der Waals surface area contributed by atoms with Crippen molar-refractivity contribution in [3.63, 3.8) is 0 Å². The van der Waals surface area contributed by atoms with Gasteiger partial charge in [0.2, 0.25) is 0 Å². The van der Waals surface area contributed by atoms with E-state index in [1.807, 2.05) is 48.5 Å². The van der Waals surface area contributed by atoms with Crippen molar-refractivity contribution in [1.29, 1.82) is 0 Å². The molecule has 0 fully saturated rings. The Balaban J connectivity index is 1.47. The normalized spacial score (nSPS) is 12.1. The molecule has 1 aliphatic rings. The van der Waals surface area contributed by atoms with E-state index in [1.165, 1.54) is 13.2 Å². The van der Waals surface area contributed by atoms with Crippen LogP contribution in [0.5, 0.6) is 11.5 Å². The fourth-order valence-electron chi connectivity index (χ4n) is 3.33. The van der Waals surface area contributed by atoms with Gasteiger partial charge in [0.05, 0.1) is 25.6 Å². The summed E-state index contributed by atoms with van der Waals surface area (Å²) in [6.07, 6.45) is 2.85. The quantitative estimate of drug-likeness (QED) is 0.387. The van der Waals surface area contributed by atoms with Crippen molar-refractivity contribution in [2.75, 3.05) is 25.7 Å². The van der Waals surface area contributed by atoms with Crippen LogP contribution in [-0.2, 0) is 14.3 Å². The molecule has 0 radical (unpaired) electrons. The first-order chi connectivity index (χ1) is 15.6. The number of carbonyl (C=O) groups excluding carboxylic acids is 2. The maximum Gasteiger partial charge on any atom is 0.331 e. The zero-order valence-corrected chi connectivity index (χ0v) is 18.4. The van der Waals surface area contributed by atoms with Crippen LogP contribution in [0.15, 0.2) is 82.6 Å². The fourth-order valence-corrected chi connectivity index (χ4v) is 4.39. The molecule has 3 aromatic rings. The van der Waals surface area contributed by atoms with Gasteiger partial charge >= 0.3 is 5.97 Å². The molecular formula is C25H21NO5S. The van der Waals surface area contributed by atoms with Gasteiger partial charge in [-0.2, -0.15) is 0 Å². The Hall–Kier alpha value is -3.71. The standard InChI is InChI=1S/C25H21NO5S/c1-29-18-13-11-17(21(15-18)30-2)12-14-25(28)31-16-24(27)26-19-7-3-5-9-22(19)32-23-10-6-4-8-20(23)26/h3-15H,16H2,1-2H3/b14-12+. The average molecular weight is 448 g/mol. The summed E-state index contributed by atoms with van der Waals surface area (Å²) >= 11 is 1.61. The first-order valence-corrected chi connectivity index (χ1v) is 10.7. The van der Waals surface area contributed by atoms with Gasteiger partial charge in [-0.25, -0.2) is 4.79 Å². The van der Waals surface area contributed by atoms with E-state index in [4.69, 9.17) is 14.2 Å². The molecule has 0 atom stereocenters. The first kappa shape index (κ1) is 21.5. The van der Waals surface area contributed by atoms with Gasteiger partial charge < -0.3 is 14.2 Å². The molecule has 0 spiro atoms. The number of benzene rings is 3. The number of para-hydroxylation sites is 2. The number of hydrogen-bond acceptors (Lipinski definition) is 6. The lowest BCUT2D eigenvalue weighted by Gasteiger charge is -2.30. The Morgan fingerprint density at radius 3 is 2.19 bits per heavy atom. The Kier molecular flexibility index (Phi) is 6.47. The summed E-state index contributed by atoms with van der Waals surface area (Å²) in [5.41, 5.74) is 2.24. The van der Waals surface area contributed by atoms with E-state index in [0.717, 1.165) is 21.2 Å². The molecule has 4 rings (SSSR count). The lowest BCUT2D eigenvalue weighted by Crippen LogP contribution is -2.32. The van der Waals surface area contributed by atoms with Gasteiger partial charge in [-0.1, -0.05) is 36.0 Å². The molecule has 0 bridgehead atoms. The van der Waals surface area contributed by atoms with Gasteiger partial charge in [-0.05, 0) is 42.5 Å². The number of rotatable bonds is 6. The Morgan fingerprint density at radius 1 is 0.906 bits per heavy atom. The molecule has 7 heteroatoms. The highest BCUT2D eigenvalue weighted by Gasteiger charge is 2.28. The third kappa shape index (κ3) is 4.48. The van der Waals surface area contributed by atoms with Crippen LogP contribution < -0.4 is 14.4 Å². The maximum absolute atomic E-state index is 13.1. The third-order valence-corrected chi connectivity index (χ3v) is 5.99. The molecule has 1 heterocycles. The van der Waals surface area contributed by atoms with Gasteiger partial charge in [0, 0.05) is 27.5 Å².